The highest BCUT2D eigenvalue weighted by atomic mass is 35.5. The molecule has 0 fully saturated rings. The smallest absolute Gasteiger partial charge is 0.186 e. The van der Waals surface area contributed by atoms with Crippen LogP contribution in [0.5, 0.6) is 0 Å². The number of halogens is 1. The number of nitrogens with zero attached hydrogens (tertiary/aromatic N) is 2. The Bertz CT molecular complexity index is 706. The monoisotopic (exact) mass is 334 g/mol. The van der Waals surface area contributed by atoms with Crippen molar-refractivity contribution >= 4 is 35.1 Å². The summed E-state index contributed by atoms with van der Waals surface area (Å²) in [5, 5.41) is 8.38. The highest BCUT2D eigenvalue weighted by Gasteiger charge is 2.11. The number of thiocarbonyl (C=S) groups is 1. The van der Waals surface area contributed by atoms with E-state index in [1.807, 2.05) is 45.0 Å². The molecule has 1 aromatic carbocycles. The third-order valence-electron chi connectivity index (χ3n) is 3.27. The Morgan fingerprint density at radius 2 is 2.09 bits per heavy atom. The average molecular weight is 335 g/mol. The Kier molecular flexibility index (Phi) is 5.57. The first kappa shape index (κ1) is 16.5. The molecular formula is C16H19ClN4S. The van der Waals surface area contributed by atoms with Gasteiger partial charge >= 0.3 is 0 Å². The van der Waals surface area contributed by atoms with Crippen molar-refractivity contribution in [2.24, 2.45) is 5.10 Å². The molecule has 0 aliphatic heterocycles. The van der Waals surface area contributed by atoms with Gasteiger partial charge in [0.2, 0.25) is 0 Å². The summed E-state index contributed by atoms with van der Waals surface area (Å²) < 4.78 is 2.12. The molecule has 1 aromatic heterocycles. The summed E-state index contributed by atoms with van der Waals surface area (Å²) in [5.41, 5.74) is 6.95. The lowest BCUT2D eigenvalue weighted by molar-refractivity contribution is 0.903. The van der Waals surface area contributed by atoms with Gasteiger partial charge < -0.3 is 9.88 Å². The molecule has 2 N–H and O–H groups in total. The van der Waals surface area contributed by atoms with E-state index in [4.69, 9.17) is 23.8 Å². The van der Waals surface area contributed by atoms with E-state index in [1.54, 1.807) is 6.21 Å². The molecule has 0 aliphatic rings. The Balaban J connectivity index is 2.26. The second kappa shape index (κ2) is 7.42. The molecule has 0 bridgehead atoms. The van der Waals surface area contributed by atoms with Crippen molar-refractivity contribution in [2.75, 3.05) is 6.54 Å². The predicted octanol–water partition coefficient (Wildman–Crippen LogP) is 3.57. The minimum absolute atomic E-state index is 0.513. The Morgan fingerprint density at radius 1 is 1.36 bits per heavy atom. The van der Waals surface area contributed by atoms with Crippen LogP contribution in [0.15, 0.2) is 35.4 Å². The molecule has 0 aliphatic carbocycles. The summed E-state index contributed by atoms with van der Waals surface area (Å²) in [5.74, 6) is 0. The highest BCUT2D eigenvalue weighted by Crippen LogP contribution is 2.25. The molecule has 2 aromatic rings. The van der Waals surface area contributed by atoms with E-state index in [0.717, 1.165) is 34.2 Å². The van der Waals surface area contributed by atoms with E-state index in [0.29, 0.717) is 5.11 Å². The van der Waals surface area contributed by atoms with E-state index >= 15 is 0 Å². The lowest BCUT2D eigenvalue weighted by Crippen LogP contribution is -2.31. The summed E-state index contributed by atoms with van der Waals surface area (Å²) >= 11 is 11.4. The summed E-state index contributed by atoms with van der Waals surface area (Å²) in [7, 11) is 0. The van der Waals surface area contributed by atoms with Crippen molar-refractivity contribution in [2.45, 2.75) is 20.8 Å². The zero-order valence-electron chi connectivity index (χ0n) is 12.9. The summed E-state index contributed by atoms with van der Waals surface area (Å²) in [6, 6.07) is 9.86. The van der Waals surface area contributed by atoms with Gasteiger partial charge in [-0.15, -0.1) is 0 Å². The lowest BCUT2D eigenvalue weighted by atomic mass is 10.2. The molecule has 4 nitrogen and oxygen atoms in total. The molecule has 6 heteroatoms. The molecule has 0 spiro atoms. The summed E-state index contributed by atoms with van der Waals surface area (Å²) in [6.45, 7) is 6.84. The molecule has 0 saturated carbocycles. The predicted molar refractivity (Wildman–Crippen MR) is 97.3 cm³/mol. The molecule has 0 saturated heterocycles. The first-order valence-corrected chi connectivity index (χ1v) is 7.84. The van der Waals surface area contributed by atoms with Gasteiger partial charge in [0.05, 0.1) is 16.9 Å². The van der Waals surface area contributed by atoms with Gasteiger partial charge in [0.1, 0.15) is 0 Å². The number of aromatic nitrogens is 1. The van der Waals surface area contributed by atoms with Crippen molar-refractivity contribution in [1.82, 2.24) is 15.3 Å². The van der Waals surface area contributed by atoms with Crippen LogP contribution < -0.4 is 10.7 Å². The van der Waals surface area contributed by atoms with Gasteiger partial charge in [-0.05, 0) is 51.2 Å². The number of hydrazone groups is 1. The van der Waals surface area contributed by atoms with E-state index in [1.165, 1.54) is 0 Å². The minimum atomic E-state index is 0.513. The lowest BCUT2D eigenvalue weighted by Gasteiger charge is -2.11. The molecule has 22 heavy (non-hydrogen) atoms. The van der Waals surface area contributed by atoms with Crippen LogP contribution in [-0.2, 0) is 0 Å². The third kappa shape index (κ3) is 3.67. The molecule has 0 radical (unpaired) electrons. The standard InChI is InChI=1S/C16H19ClN4S/c1-4-18-16(22)20-19-10-13-9-11(2)21(12(13)3)15-8-6-5-7-14(15)17/h5-10H,4H2,1-3H3,(H2,18,20,22)/b19-10-. The molecular weight excluding hydrogens is 316 g/mol. The van der Waals surface area contributed by atoms with Crippen LogP contribution in [-0.4, -0.2) is 22.4 Å². The van der Waals surface area contributed by atoms with E-state index in [-0.39, 0.29) is 0 Å². The normalized spacial score (nSPS) is 10.9. The van der Waals surface area contributed by atoms with E-state index in [2.05, 4.69) is 26.5 Å². The maximum Gasteiger partial charge on any atom is 0.186 e. The van der Waals surface area contributed by atoms with Gasteiger partial charge in [-0.1, -0.05) is 23.7 Å². The molecule has 1 heterocycles. The van der Waals surface area contributed by atoms with Crippen LogP contribution in [0.25, 0.3) is 5.69 Å². The number of para-hydroxylation sites is 1. The van der Waals surface area contributed by atoms with Crippen molar-refractivity contribution < 1.29 is 0 Å². The van der Waals surface area contributed by atoms with Crippen molar-refractivity contribution in [3.05, 3.63) is 52.3 Å². The molecule has 2 rings (SSSR count). The van der Waals surface area contributed by atoms with E-state index < -0.39 is 0 Å². The van der Waals surface area contributed by atoms with Crippen LogP contribution in [0, 0.1) is 13.8 Å². The molecule has 116 valence electrons. The van der Waals surface area contributed by atoms with Crippen LogP contribution in [0.4, 0.5) is 0 Å². The topological polar surface area (TPSA) is 41.4 Å². The fourth-order valence-corrected chi connectivity index (χ4v) is 2.70. The third-order valence-corrected chi connectivity index (χ3v) is 3.83. The first-order valence-electron chi connectivity index (χ1n) is 7.05. The Labute approximate surface area is 141 Å². The van der Waals surface area contributed by atoms with Crippen LogP contribution in [0.2, 0.25) is 5.02 Å². The van der Waals surface area contributed by atoms with Gasteiger partial charge in [-0.2, -0.15) is 5.10 Å². The number of benzene rings is 1. The van der Waals surface area contributed by atoms with E-state index in [9.17, 15) is 0 Å². The SMILES string of the molecule is CCNC(=S)N/N=C\c1cc(C)n(-c2ccccc2Cl)c1C. The summed E-state index contributed by atoms with van der Waals surface area (Å²) in [4.78, 5) is 0. The van der Waals surface area contributed by atoms with Crippen LogP contribution in [0.1, 0.15) is 23.9 Å². The number of hydrogen-bond donors (Lipinski definition) is 2. The fraction of sp³-hybridized carbons (Fsp3) is 0.250. The van der Waals surface area contributed by atoms with Gasteiger partial charge in [-0.3, -0.25) is 5.43 Å². The maximum atomic E-state index is 6.30. The number of nitrogens with one attached hydrogen (secondary N) is 2. The zero-order valence-corrected chi connectivity index (χ0v) is 14.4. The van der Waals surface area contributed by atoms with Crippen molar-refractivity contribution in [1.29, 1.82) is 0 Å². The quantitative estimate of drug-likeness (QED) is 0.510. The fourth-order valence-electron chi connectivity index (χ4n) is 2.28. The van der Waals surface area contributed by atoms with Gasteiger partial charge in [0.15, 0.2) is 5.11 Å². The van der Waals surface area contributed by atoms with Crippen molar-refractivity contribution in [3.63, 3.8) is 0 Å². The minimum Gasteiger partial charge on any atom is -0.362 e. The average Bonchev–Trinajstić information content (AvgIpc) is 2.75. The number of aryl methyl sites for hydroxylation is 1. The van der Waals surface area contributed by atoms with Gasteiger partial charge in [-0.25, -0.2) is 0 Å². The van der Waals surface area contributed by atoms with Crippen molar-refractivity contribution in [3.8, 4) is 5.69 Å². The van der Waals surface area contributed by atoms with Gasteiger partial charge in [0.25, 0.3) is 0 Å². The molecule has 0 amide bonds. The largest absolute Gasteiger partial charge is 0.362 e. The second-order valence-electron chi connectivity index (χ2n) is 4.84. The maximum absolute atomic E-state index is 6.30. The Morgan fingerprint density at radius 3 is 2.77 bits per heavy atom. The van der Waals surface area contributed by atoms with Crippen LogP contribution in [0.3, 0.4) is 0 Å². The Hall–Kier alpha value is -1.85. The molecule has 0 atom stereocenters. The van der Waals surface area contributed by atoms with Crippen LogP contribution >= 0.6 is 23.8 Å². The zero-order chi connectivity index (χ0) is 16.1. The number of rotatable bonds is 4. The summed E-state index contributed by atoms with van der Waals surface area (Å²) in [6.07, 6.45) is 1.76. The number of hydrogen-bond acceptors (Lipinski definition) is 2. The second-order valence-corrected chi connectivity index (χ2v) is 5.66. The first-order chi connectivity index (χ1) is 10.5. The molecule has 0 unspecified atom stereocenters. The highest BCUT2D eigenvalue weighted by molar-refractivity contribution is 7.80. The van der Waals surface area contributed by atoms with Gasteiger partial charge in [0, 0.05) is 23.5 Å².